The minimum Gasteiger partial charge on any atom is -0.459 e. The molecule has 96 valence electrons. The van der Waals surface area contributed by atoms with Crippen LogP contribution < -0.4 is 0 Å². The van der Waals surface area contributed by atoms with Gasteiger partial charge in [0.1, 0.15) is 6.10 Å². The van der Waals surface area contributed by atoms with Crippen molar-refractivity contribution in [3.8, 4) is 0 Å². The zero-order chi connectivity index (χ0) is 12.8. The summed E-state index contributed by atoms with van der Waals surface area (Å²) in [5.74, 6) is -0.198. The van der Waals surface area contributed by atoms with Gasteiger partial charge in [0.2, 0.25) is 0 Å². The average molecular weight is 309 g/mol. The highest BCUT2D eigenvalue weighted by atomic mass is 79.9. The number of esters is 1. The van der Waals surface area contributed by atoms with Gasteiger partial charge in [0.05, 0.1) is 5.56 Å². The third kappa shape index (κ3) is 3.70. The molecule has 0 saturated heterocycles. The number of ether oxygens (including phenoxy) is 1. The summed E-state index contributed by atoms with van der Waals surface area (Å²) in [6, 6.07) is 7.45. The first-order chi connectivity index (χ1) is 8.79. The van der Waals surface area contributed by atoms with E-state index >= 15 is 0 Å². The van der Waals surface area contributed by atoms with Crippen LogP contribution in [0.3, 0.4) is 0 Å². The molecule has 0 unspecified atom stereocenters. The van der Waals surface area contributed by atoms with Gasteiger partial charge in [-0.3, -0.25) is 0 Å². The van der Waals surface area contributed by atoms with Gasteiger partial charge in [0.25, 0.3) is 0 Å². The van der Waals surface area contributed by atoms with E-state index in [1.807, 2.05) is 30.3 Å². The predicted octanol–water partition coefficient (Wildman–Crippen LogP) is 4.54. The van der Waals surface area contributed by atoms with Crippen molar-refractivity contribution in [1.82, 2.24) is 0 Å². The lowest BCUT2D eigenvalue weighted by atomic mass is 9.98. The van der Waals surface area contributed by atoms with Crippen molar-refractivity contribution < 1.29 is 9.53 Å². The van der Waals surface area contributed by atoms with E-state index in [1.54, 1.807) is 4.99 Å². The molecule has 1 aliphatic carbocycles. The first-order valence-electron chi connectivity index (χ1n) is 6.37. The van der Waals surface area contributed by atoms with E-state index in [2.05, 4.69) is 15.9 Å². The fourth-order valence-corrected chi connectivity index (χ4v) is 2.51. The van der Waals surface area contributed by atoms with Gasteiger partial charge in [-0.25, -0.2) is 4.79 Å². The summed E-state index contributed by atoms with van der Waals surface area (Å²) in [6.07, 6.45) is 7.68. The van der Waals surface area contributed by atoms with Crippen molar-refractivity contribution in [3.05, 3.63) is 40.4 Å². The quantitative estimate of drug-likeness (QED) is 0.766. The molecular formula is C15H17BrO2. The van der Waals surface area contributed by atoms with E-state index in [-0.39, 0.29) is 12.1 Å². The Kier molecular flexibility index (Phi) is 5.00. The molecule has 0 amide bonds. The van der Waals surface area contributed by atoms with Crippen molar-refractivity contribution in [2.75, 3.05) is 0 Å². The molecule has 2 rings (SSSR count). The molecule has 0 aromatic heterocycles. The van der Waals surface area contributed by atoms with Crippen LogP contribution in [-0.2, 0) is 4.74 Å². The van der Waals surface area contributed by atoms with Crippen LogP contribution in [0.25, 0.3) is 6.08 Å². The van der Waals surface area contributed by atoms with Crippen LogP contribution >= 0.6 is 15.9 Å². The Balaban J connectivity index is 1.95. The van der Waals surface area contributed by atoms with Crippen LogP contribution in [0.2, 0.25) is 0 Å². The van der Waals surface area contributed by atoms with E-state index in [4.69, 9.17) is 4.74 Å². The minimum absolute atomic E-state index is 0.119. The first-order valence-corrected chi connectivity index (χ1v) is 7.29. The molecule has 1 aromatic carbocycles. The molecule has 0 bridgehead atoms. The summed E-state index contributed by atoms with van der Waals surface area (Å²) >= 11 is 3.23. The van der Waals surface area contributed by atoms with Crippen LogP contribution in [-0.4, -0.2) is 12.1 Å². The summed E-state index contributed by atoms with van der Waals surface area (Å²) in [5, 5.41) is 0. The van der Waals surface area contributed by atoms with E-state index < -0.39 is 0 Å². The molecule has 0 radical (unpaired) electrons. The van der Waals surface area contributed by atoms with Crippen molar-refractivity contribution in [2.45, 2.75) is 38.2 Å². The largest absolute Gasteiger partial charge is 0.459 e. The molecule has 3 heteroatoms. The zero-order valence-electron chi connectivity index (χ0n) is 10.3. The fourth-order valence-electron chi connectivity index (χ4n) is 2.21. The van der Waals surface area contributed by atoms with Crippen LogP contribution in [0.5, 0.6) is 0 Å². The minimum atomic E-state index is -0.198. The maximum atomic E-state index is 11.9. The highest BCUT2D eigenvalue weighted by Gasteiger charge is 2.18. The van der Waals surface area contributed by atoms with Crippen molar-refractivity contribution in [1.29, 1.82) is 0 Å². The van der Waals surface area contributed by atoms with E-state index in [1.165, 1.54) is 19.3 Å². The van der Waals surface area contributed by atoms with Crippen molar-refractivity contribution in [2.24, 2.45) is 0 Å². The van der Waals surface area contributed by atoms with Gasteiger partial charge in [0.15, 0.2) is 0 Å². The predicted molar refractivity (Wildman–Crippen MR) is 76.7 cm³/mol. The number of rotatable bonds is 3. The molecule has 1 aliphatic rings. The summed E-state index contributed by atoms with van der Waals surface area (Å²) in [7, 11) is 0. The Morgan fingerprint density at radius 2 is 1.83 bits per heavy atom. The second kappa shape index (κ2) is 6.74. The molecule has 1 fully saturated rings. The maximum Gasteiger partial charge on any atom is 0.338 e. The number of benzene rings is 1. The third-order valence-corrected chi connectivity index (χ3v) is 3.49. The van der Waals surface area contributed by atoms with Crippen LogP contribution in [0.4, 0.5) is 0 Å². The zero-order valence-corrected chi connectivity index (χ0v) is 11.9. The number of carbonyl (C=O) groups excluding carboxylic acids is 1. The number of halogens is 1. The van der Waals surface area contributed by atoms with Gasteiger partial charge in [-0.2, -0.15) is 0 Å². The standard InChI is InChI=1S/C15H17BrO2/c16-11-10-12-6-8-13(9-7-12)15(17)18-14-4-2-1-3-5-14/h6-11,14H,1-5H2/b11-10+. The Morgan fingerprint density at radius 3 is 2.44 bits per heavy atom. The van der Waals surface area contributed by atoms with Crippen molar-refractivity contribution in [3.63, 3.8) is 0 Å². The molecule has 2 nitrogen and oxygen atoms in total. The topological polar surface area (TPSA) is 26.3 Å². The third-order valence-electron chi connectivity index (χ3n) is 3.23. The second-order valence-corrected chi connectivity index (χ2v) is 5.11. The molecular weight excluding hydrogens is 292 g/mol. The molecule has 0 aliphatic heterocycles. The Hall–Kier alpha value is -1.09. The number of hydrogen-bond acceptors (Lipinski definition) is 2. The molecule has 18 heavy (non-hydrogen) atoms. The molecule has 1 saturated carbocycles. The Labute approximate surface area is 116 Å². The summed E-state index contributed by atoms with van der Waals surface area (Å²) < 4.78 is 5.51. The monoisotopic (exact) mass is 308 g/mol. The molecule has 0 spiro atoms. The Morgan fingerprint density at radius 1 is 1.17 bits per heavy atom. The highest BCUT2D eigenvalue weighted by Crippen LogP contribution is 2.21. The molecule has 0 atom stereocenters. The van der Waals surface area contributed by atoms with Gasteiger partial charge in [-0.1, -0.05) is 34.5 Å². The van der Waals surface area contributed by atoms with Crippen LogP contribution in [0.1, 0.15) is 48.0 Å². The van der Waals surface area contributed by atoms with Gasteiger partial charge < -0.3 is 4.74 Å². The SMILES string of the molecule is O=C(OC1CCCCC1)c1ccc(/C=C/Br)cc1. The number of carbonyl (C=O) groups is 1. The van der Waals surface area contributed by atoms with Crippen LogP contribution in [0.15, 0.2) is 29.3 Å². The lowest BCUT2D eigenvalue weighted by Crippen LogP contribution is -2.20. The lowest BCUT2D eigenvalue weighted by Gasteiger charge is -2.21. The molecule has 0 heterocycles. The van der Waals surface area contributed by atoms with Crippen molar-refractivity contribution >= 4 is 28.0 Å². The average Bonchev–Trinajstić information content (AvgIpc) is 2.41. The maximum absolute atomic E-state index is 11.9. The van der Waals surface area contributed by atoms with Gasteiger partial charge >= 0.3 is 5.97 Å². The van der Waals surface area contributed by atoms with Gasteiger partial charge in [0, 0.05) is 0 Å². The second-order valence-electron chi connectivity index (χ2n) is 4.58. The van der Waals surface area contributed by atoms with Gasteiger partial charge in [-0.05, 0) is 54.4 Å². The van der Waals surface area contributed by atoms with E-state index in [0.29, 0.717) is 5.56 Å². The summed E-state index contributed by atoms with van der Waals surface area (Å²) in [4.78, 5) is 13.7. The van der Waals surface area contributed by atoms with Gasteiger partial charge in [-0.15, -0.1) is 0 Å². The molecule has 1 aromatic rings. The highest BCUT2D eigenvalue weighted by molar-refractivity contribution is 9.11. The summed E-state index contributed by atoms with van der Waals surface area (Å²) in [5.41, 5.74) is 1.69. The lowest BCUT2D eigenvalue weighted by molar-refractivity contribution is 0.0211. The number of hydrogen-bond donors (Lipinski definition) is 0. The molecule has 0 N–H and O–H groups in total. The normalized spacial score (nSPS) is 16.9. The smallest absolute Gasteiger partial charge is 0.338 e. The first kappa shape index (κ1) is 13.3. The summed E-state index contributed by atoms with van der Waals surface area (Å²) in [6.45, 7) is 0. The van der Waals surface area contributed by atoms with Crippen LogP contribution in [0, 0.1) is 0 Å². The fraction of sp³-hybridized carbons (Fsp3) is 0.400. The Bertz CT molecular complexity index is 417. The van der Waals surface area contributed by atoms with E-state index in [0.717, 1.165) is 18.4 Å². The van der Waals surface area contributed by atoms with E-state index in [9.17, 15) is 4.79 Å².